The third kappa shape index (κ3) is 1.29. The molecular weight excluding hydrogens is 206 g/mol. The van der Waals surface area contributed by atoms with Crippen molar-refractivity contribution in [3.8, 4) is 22.8 Å². The second-order valence-corrected chi connectivity index (χ2v) is 3.66. The van der Waals surface area contributed by atoms with Crippen molar-refractivity contribution in [3.05, 3.63) is 24.4 Å². The van der Waals surface area contributed by atoms with Crippen LogP contribution in [-0.4, -0.2) is 16.3 Å². The minimum atomic E-state index is 0.281. The average molecular weight is 217 g/mol. The van der Waals surface area contributed by atoms with Gasteiger partial charge in [0.1, 0.15) is 0 Å². The highest BCUT2D eigenvalue weighted by Crippen LogP contribution is 2.35. The van der Waals surface area contributed by atoms with Crippen LogP contribution in [0.1, 0.15) is 0 Å². The summed E-state index contributed by atoms with van der Waals surface area (Å²) in [6.45, 7) is 0.281. The number of nitrogens with zero attached hydrogens (tertiary/aromatic N) is 2. The maximum Gasteiger partial charge on any atom is 0.231 e. The standard InChI is InChI=1S/C11H11N3O2/c1-14-5-8(13-11(14)12)7-2-3-9-10(4-7)16-6-15-9/h2-5H,6H2,1H3,(H2,12,13). The van der Waals surface area contributed by atoms with E-state index >= 15 is 0 Å². The van der Waals surface area contributed by atoms with Crippen LogP contribution in [0.2, 0.25) is 0 Å². The number of fused-ring (bicyclic) bond motifs is 1. The number of aryl methyl sites for hydroxylation is 1. The van der Waals surface area contributed by atoms with Crippen LogP contribution in [0.5, 0.6) is 11.5 Å². The number of aromatic nitrogens is 2. The molecule has 1 aromatic carbocycles. The van der Waals surface area contributed by atoms with E-state index in [4.69, 9.17) is 15.2 Å². The normalized spacial score (nSPS) is 13.1. The van der Waals surface area contributed by atoms with E-state index in [0.717, 1.165) is 22.8 Å². The molecule has 5 heteroatoms. The summed E-state index contributed by atoms with van der Waals surface area (Å²) in [5, 5.41) is 0. The number of hydrogen-bond donors (Lipinski definition) is 1. The molecule has 16 heavy (non-hydrogen) atoms. The average Bonchev–Trinajstić information content (AvgIpc) is 2.85. The van der Waals surface area contributed by atoms with Crippen LogP contribution in [-0.2, 0) is 7.05 Å². The van der Waals surface area contributed by atoms with E-state index in [-0.39, 0.29) is 6.79 Å². The number of benzene rings is 1. The number of imidazole rings is 1. The second-order valence-electron chi connectivity index (χ2n) is 3.66. The molecular formula is C11H11N3O2. The Bertz CT molecular complexity index is 529. The van der Waals surface area contributed by atoms with Crippen molar-refractivity contribution in [3.63, 3.8) is 0 Å². The fraction of sp³-hybridized carbons (Fsp3) is 0.182. The van der Waals surface area contributed by atoms with Gasteiger partial charge in [0, 0.05) is 18.8 Å². The molecule has 0 atom stereocenters. The van der Waals surface area contributed by atoms with Gasteiger partial charge in [0.15, 0.2) is 17.4 Å². The maximum absolute atomic E-state index is 5.69. The molecule has 0 aliphatic carbocycles. The third-order valence-electron chi connectivity index (χ3n) is 2.58. The molecule has 1 aromatic heterocycles. The van der Waals surface area contributed by atoms with Gasteiger partial charge in [-0.25, -0.2) is 4.98 Å². The molecule has 2 heterocycles. The van der Waals surface area contributed by atoms with Crippen molar-refractivity contribution in [1.82, 2.24) is 9.55 Å². The zero-order chi connectivity index (χ0) is 11.1. The van der Waals surface area contributed by atoms with Crippen LogP contribution in [0.25, 0.3) is 11.3 Å². The molecule has 0 fully saturated rings. The Labute approximate surface area is 92.4 Å². The predicted molar refractivity (Wildman–Crippen MR) is 59.2 cm³/mol. The molecule has 0 unspecified atom stereocenters. The van der Waals surface area contributed by atoms with Crippen LogP contribution in [0, 0.1) is 0 Å². The zero-order valence-corrected chi connectivity index (χ0v) is 8.80. The monoisotopic (exact) mass is 217 g/mol. The summed E-state index contributed by atoms with van der Waals surface area (Å²) in [4.78, 5) is 4.25. The van der Waals surface area contributed by atoms with Crippen molar-refractivity contribution in [2.24, 2.45) is 7.05 Å². The summed E-state index contributed by atoms with van der Waals surface area (Å²) in [5.74, 6) is 2.02. The lowest BCUT2D eigenvalue weighted by Gasteiger charge is -1.98. The summed E-state index contributed by atoms with van der Waals surface area (Å²) in [7, 11) is 1.86. The van der Waals surface area contributed by atoms with E-state index in [1.54, 1.807) is 4.57 Å². The highest BCUT2D eigenvalue weighted by Gasteiger charge is 2.15. The Morgan fingerprint density at radius 1 is 1.31 bits per heavy atom. The van der Waals surface area contributed by atoms with Gasteiger partial charge in [-0.3, -0.25) is 0 Å². The van der Waals surface area contributed by atoms with Crippen molar-refractivity contribution < 1.29 is 9.47 Å². The van der Waals surface area contributed by atoms with E-state index in [9.17, 15) is 0 Å². The number of nitrogen functional groups attached to an aromatic ring is 1. The highest BCUT2D eigenvalue weighted by atomic mass is 16.7. The van der Waals surface area contributed by atoms with Gasteiger partial charge in [-0.2, -0.15) is 0 Å². The van der Waals surface area contributed by atoms with Gasteiger partial charge in [-0.05, 0) is 18.2 Å². The first kappa shape index (κ1) is 9.08. The Kier molecular flexibility index (Phi) is 1.80. The molecule has 0 radical (unpaired) electrons. The van der Waals surface area contributed by atoms with Crippen LogP contribution in [0.4, 0.5) is 5.95 Å². The number of hydrogen-bond acceptors (Lipinski definition) is 4. The van der Waals surface area contributed by atoms with Gasteiger partial charge < -0.3 is 19.8 Å². The third-order valence-corrected chi connectivity index (χ3v) is 2.58. The topological polar surface area (TPSA) is 62.3 Å². The lowest BCUT2D eigenvalue weighted by atomic mass is 10.1. The van der Waals surface area contributed by atoms with E-state index in [1.807, 2.05) is 31.4 Å². The Hall–Kier alpha value is -2.17. The maximum atomic E-state index is 5.69. The SMILES string of the molecule is Cn1cc(-c2ccc3c(c2)OCO3)nc1N. The molecule has 1 aliphatic heterocycles. The summed E-state index contributed by atoms with van der Waals surface area (Å²) >= 11 is 0. The van der Waals surface area contributed by atoms with Gasteiger partial charge >= 0.3 is 0 Å². The minimum Gasteiger partial charge on any atom is -0.454 e. The van der Waals surface area contributed by atoms with Crippen molar-refractivity contribution in [2.45, 2.75) is 0 Å². The van der Waals surface area contributed by atoms with Crippen molar-refractivity contribution in [1.29, 1.82) is 0 Å². The Balaban J connectivity index is 2.07. The minimum absolute atomic E-state index is 0.281. The molecule has 0 bridgehead atoms. The van der Waals surface area contributed by atoms with Gasteiger partial charge in [0.25, 0.3) is 0 Å². The molecule has 0 spiro atoms. The lowest BCUT2D eigenvalue weighted by molar-refractivity contribution is 0.174. The smallest absolute Gasteiger partial charge is 0.231 e. The van der Waals surface area contributed by atoms with E-state index in [1.165, 1.54) is 0 Å². The predicted octanol–water partition coefficient (Wildman–Crippen LogP) is 1.40. The zero-order valence-electron chi connectivity index (χ0n) is 8.80. The van der Waals surface area contributed by atoms with Gasteiger partial charge in [0.05, 0.1) is 5.69 Å². The van der Waals surface area contributed by atoms with Crippen molar-refractivity contribution in [2.75, 3.05) is 12.5 Å². The molecule has 1 aliphatic rings. The molecule has 2 N–H and O–H groups in total. The number of anilines is 1. The second kappa shape index (κ2) is 3.16. The lowest BCUT2D eigenvalue weighted by Crippen LogP contribution is -1.94. The molecule has 5 nitrogen and oxygen atoms in total. The Morgan fingerprint density at radius 2 is 2.12 bits per heavy atom. The number of rotatable bonds is 1. The fourth-order valence-corrected chi connectivity index (χ4v) is 1.68. The van der Waals surface area contributed by atoms with E-state index < -0.39 is 0 Å². The molecule has 0 saturated heterocycles. The fourth-order valence-electron chi connectivity index (χ4n) is 1.68. The first-order valence-electron chi connectivity index (χ1n) is 4.93. The molecule has 3 rings (SSSR count). The Morgan fingerprint density at radius 3 is 2.88 bits per heavy atom. The highest BCUT2D eigenvalue weighted by molar-refractivity contribution is 5.65. The molecule has 0 amide bonds. The summed E-state index contributed by atoms with van der Waals surface area (Å²) in [6, 6.07) is 5.72. The van der Waals surface area contributed by atoms with Crippen LogP contribution < -0.4 is 15.2 Å². The van der Waals surface area contributed by atoms with Crippen LogP contribution in [0.15, 0.2) is 24.4 Å². The van der Waals surface area contributed by atoms with Gasteiger partial charge in [0.2, 0.25) is 6.79 Å². The van der Waals surface area contributed by atoms with Gasteiger partial charge in [-0.15, -0.1) is 0 Å². The number of ether oxygens (including phenoxy) is 2. The molecule has 0 saturated carbocycles. The number of nitrogens with two attached hydrogens (primary N) is 1. The first-order chi connectivity index (χ1) is 7.74. The quantitative estimate of drug-likeness (QED) is 0.784. The van der Waals surface area contributed by atoms with Crippen LogP contribution in [0.3, 0.4) is 0 Å². The van der Waals surface area contributed by atoms with Crippen molar-refractivity contribution >= 4 is 5.95 Å². The summed E-state index contributed by atoms with van der Waals surface area (Å²) in [5.41, 5.74) is 7.49. The van der Waals surface area contributed by atoms with Gasteiger partial charge in [-0.1, -0.05) is 0 Å². The summed E-state index contributed by atoms with van der Waals surface area (Å²) in [6.07, 6.45) is 1.88. The molecule has 82 valence electrons. The van der Waals surface area contributed by atoms with E-state index in [0.29, 0.717) is 5.95 Å². The van der Waals surface area contributed by atoms with E-state index in [2.05, 4.69) is 4.98 Å². The first-order valence-corrected chi connectivity index (χ1v) is 4.93. The largest absolute Gasteiger partial charge is 0.454 e. The molecule has 2 aromatic rings. The van der Waals surface area contributed by atoms with Crippen LogP contribution >= 0.6 is 0 Å². The summed E-state index contributed by atoms with van der Waals surface area (Å²) < 4.78 is 12.3.